The highest BCUT2D eigenvalue weighted by atomic mass is 19.1. The van der Waals surface area contributed by atoms with E-state index < -0.39 is 11.9 Å². The molecule has 3 aromatic carbocycles. The molecule has 1 atom stereocenters. The maximum absolute atomic E-state index is 14.9. The summed E-state index contributed by atoms with van der Waals surface area (Å²) in [5.41, 5.74) is 4.89. The van der Waals surface area contributed by atoms with Crippen LogP contribution in [-0.4, -0.2) is 66.3 Å². The first-order valence-corrected chi connectivity index (χ1v) is 18.4. The number of methoxy groups -OCH3 is 1. The number of nitrogens with one attached hydrogen (secondary N) is 3. The van der Waals surface area contributed by atoms with Crippen LogP contribution >= 0.6 is 0 Å². The Morgan fingerprint density at radius 3 is 2.57 bits per heavy atom. The summed E-state index contributed by atoms with van der Waals surface area (Å²) in [4.78, 5) is 37.0. The SMILES string of the molecule is CCC(C)NC(=O)CCc1cc(OC)c(OC(=O)Nc2ccnc(Nc3ccc(OCCCN4CCCCC4)c(F)c3)n2)c(-c2cccc(C)c2C)c1. The monoisotopic (exact) mass is 726 g/mol. The van der Waals surface area contributed by atoms with Crippen molar-refractivity contribution in [2.24, 2.45) is 0 Å². The van der Waals surface area contributed by atoms with Crippen molar-refractivity contribution in [1.29, 1.82) is 0 Å². The number of nitrogens with zero attached hydrogens (tertiary/aromatic N) is 3. The largest absolute Gasteiger partial charge is 0.493 e. The van der Waals surface area contributed by atoms with E-state index in [0.29, 0.717) is 36.4 Å². The van der Waals surface area contributed by atoms with E-state index in [1.807, 2.05) is 52.0 Å². The Kier molecular flexibility index (Phi) is 14.0. The summed E-state index contributed by atoms with van der Waals surface area (Å²) in [5, 5.41) is 8.65. The number of halogens is 1. The molecule has 0 radical (unpaired) electrons. The molecule has 12 heteroatoms. The predicted octanol–water partition coefficient (Wildman–Crippen LogP) is 8.36. The zero-order valence-corrected chi connectivity index (χ0v) is 31.4. The van der Waals surface area contributed by atoms with Crippen LogP contribution in [0.1, 0.15) is 69.1 Å². The molecule has 0 spiro atoms. The molecule has 4 aromatic rings. The number of rotatable bonds is 16. The summed E-state index contributed by atoms with van der Waals surface area (Å²) >= 11 is 0. The van der Waals surface area contributed by atoms with Crippen molar-refractivity contribution in [1.82, 2.24) is 20.2 Å². The van der Waals surface area contributed by atoms with Crippen molar-refractivity contribution in [2.75, 3.05) is 44.0 Å². The second-order valence-corrected chi connectivity index (χ2v) is 13.5. The van der Waals surface area contributed by atoms with Crippen molar-refractivity contribution in [2.45, 2.75) is 78.7 Å². The van der Waals surface area contributed by atoms with Crippen molar-refractivity contribution in [3.63, 3.8) is 0 Å². The van der Waals surface area contributed by atoms with Gasteiger partial charge in [0, 0.05) is 42.5 Å². The smallest absolute Gasteiger partial charge is 0.418 e. The molecule has 1 aromatic heterocycles. The molecule has 11 nitrogen and oxygen atoms in total. The number of amides is 2. The Morgan fingerprint density at radius 1 is 1.00 bits per heavy atom. The zero-order valence-electron chi connectivity index (χ0n) is 31.4. The van der Waals surface area contributed by atoms with E-state index in [0.717, 1.165) is 54.7 Å². The summed E-state index contributed by atoms with van der Waals surface area (Å²) in [6, 6.07) is 15.8. The topological polar surface area (TPSA) is 127 Å². The van der Waals surface area contributed by atoms with Gasteiger partial charge in [-0.1, -0.05) is 31.5 Å². The van der Waals surface area contributed by atoms with Gasteiger partial charge in [0.2, 0.25) is 11.9 Å². The first-order chi connectivity index (χ1) is 25.6. The third-order valence-corrected chi connectivity index (χ3v) is 9.48. The zero-order chi connectivity index (χ0) is 37.7. The summed E-state index contributed by atoms with van der Waals surface area (Å²) in [6.07, 6.45) is 6.88. The number of aromatic nitrogens is 2. The van der Waals surface area contributed by atoms with Gasteiger partial charge in [0.05, 0.1) is 13.7 Å². The molecule has 1 saturated heterocycles. The summed E-state index contributed by atoms with van der Waals surface area (Å²) < 4.78 is 32.3. The predicted molar refractivity (Wildman–Crippen MR) is 206 cm³/mol. The number of hydrogen-bond acceptors (Lipinski definition) is 9. The van der Waals surface area contributed by atoms with Gasteiger partial charge in [-0.25, -0.2) is 14.2 Å². The fourth-order valence-corrected chi connectivity index (χ4v) is 6.20. The van der Waals surface area contributed by atoms with Gasteiger partial charge in [-0.3, -0.25) is 10.1 Å². The maximum atomic E-state index is 14.9. The number of ether oxygens (including phenoxy) is 3. The number of piperidine rings is 1. The van der Waals surface area contributed by atoms with Gasteiger partial charge in [-0.15, -0.1) is 0 Å². The number of anilines is 3. The first-order valence-electron chi connectivity index (χ1n) is 18.4. The number of hydrogen-bond donors (Lipinski definition) is 3. The first kappa shape index (κ1) is 39.0. The van der Waals surface area contributed by atoms with E-state index >= 15 is 0 Å². The lowest BCUT2D eigenvalue weighted by Gasteiger charge is -2.26. The third-order valence-electron chi connectivity index (χ3n) is 9.48. The molecular weight excluding hydrogens is 675 g/mol. The van der Waals surface area contributed by atoms with Gasteiger partial charge in [-0.05, 0) is 119 Å². The molecule has 1 fully saturated rings. The van der Waals surface area contributed by atoms with E-state index in [1.54, 1.807) is 18.2 Å². The van der Waals surface area contributed by atoms with E-state index in [9.17, 15) is 14.0 Å². The Bertz CT molecular complexity index is 1870. The van der Waals surface area contributed by atoms with Gasteiger partial charge < -0.3 is 29.7 Å². The number of benzene rings is 3. The maximum Gasteiger partial charge on any atom is 0.418 e. The highest BCUT2D eigenvalue weighted by Gasteiger charge is 2.21. The van der Waals surface area contributed by atoms with Crippen LogP contribution in [0, 0.1) is 19.7 Å². The second kappa shape index (κ2) is 19.0. The van der Waals surface area contributed by atoms with Crippen molar-refractivity contribution >= 4 is 29.5 Å². The van der Waals surface area contributed by atoms with E-state index in [1.165, 1.54) is 44.7 Å². The van der Waals surface area contributed by atoms with Crippen LogP contribution in [0.2, 0.25) is 0 Å². The van der Waals surface area contributed by atoms with E-state index in [2.05, 4.69) is 30.8 Å². The molecule has 2 amide bonds. The van der Waals surface area contributed by atoms with Crippen LogP contribution in [0.4, 0.5) is 26.6 Å². The molecule has 0 aliphatic carbocycles. The minimum absolute atomic E-state index is 0.0324. The quantitative estimate of drug-likeness (QED) is 0.0977. The van der Waals surface area contributed by atoms with Crippen LogP contribution in [0.15, 0.2) is 60.8 Å². The number of carbonyl (C=O) groups excluding carboxylic acids is 2. The van der Waals surface area contributed by atoms with Gasteiger partial charge in [0.1, 0.15) is 5.82 Å². The summed E-state index contributed by atoms with van der Waals surface area (Å²) in [7, 11) is 1.51. The van der Waals surface area contributed by atoms with Gasteiger partial charge in [0.15, 0.2) is 23.1 Å². The number of carbonyl (C=O) groups is 2. The number of likely N-dealkylation sites (tertiary alicyclic amines) is 1. The second-order valence-electron chi connectivity index (χ2n) is 13.5. The van der Waals surface area contributed by atoms with Crippen molar-refractivity contribution in [3.8, 4) is 28.4 Å². The fourth-order valence-electron chi connectivity index (χ4n) is 6.20. The Labute approximate surface area is 311 Å². The van der Waals surface area contributed by atoms with Crippen LogP contribution in [-0.2, 0) is 11.2 Å². The van der Waals surface area contributed by atoms with Gasteiger partial charge in [0.25, 0.3) is 0 Å². The lowest BCUT2D eigenvalue weighted by Crippen LogP contribution is -2.32. The molecule has 2 heterocycles. The molecule has 1 aliphatic heterocycles. The average molecular weight is 727 g/mol. The number of aryl methyl sites for hydroxylation is 2. The van der Waals surface area contributed by atoms with Gasteiger partial charge in [-0.2, -0.15) is 4.98 Å². The Morgan fingerprint density at radius 2 is 1.81 bits per heavy atom. The third kappa shape index (κ3) is 11.1. The van der Waals surface area contributed by atoms with Crippen molar-refractivity contribution in [3.05, 3.63) is 83.3 Å². The van der Waals surface area contributed by atoms with Crippen LogP contribution in [0.3, 0.4) is 0 Å². The minimum atomic E-state index is -0.798. The van der Waals surface area contributed by atoms with E-state index in [-0.39, 0.29) is 35.2 Å². The van der Waals surface area contributed by atoms with Crippen LogP contribution < -0.4 is 30.2 Å². The molecule has 1 aliphatic rings. The minimum Gasteiger partial charge on any atom is -0.493 e. The molecular formula is C41H51FN6O5. The molecule has 0 bridgehead atoms. The molecule has 282 valence electrons. The lowest BCUT2D eigenvalue weighted by molar-refractivity contribution is -0.121. The molecule has 0 saturated carbocycles. The highest BCUT2D eigenvalue weighted by Crippen LogP contribution is 2.42. The Balaban J connectivity index is 1.26. The summed E-state index contributed by atoms with van der Waals surface area (Å²) in [5.74, 6) is 0.533. The van der Waals surface area contributed by atoms with Gasteiger partial charge >= 0.3 is 6.09 Å². The highest BCUT2D eigenvalue weighted by molar-refractivity contribution is 5.89. The summed E-state index contributed by atoms with van der Waals surface area (Å²) in [6.45, 7) is 11.6. The molecule has 3 N–H and O–H groups in total. The van der Waals surface area contributed by atoms with Crippen LogP contribution in [0.25, 0.3) is 11.1 Å². The Hall–Kier alpha value is -5.23. The van der Waals surface area contributed by atoms with E-state index in [4.69, 9.17) is 14.2 Å². The lowest BCUT2D eigenvalue weighted by atomic mass is 9.93. The molecule has 53 heavy (non-hydrogen) atoms. The fraction of sp³-hybridized carbons (Fsp3) is 0.415. The molecule has 1 unspecified atom stereocenters. The standard InChI is InChI=1S/C41H51FN6O5/c1-6-28(3)44-38(49)17-14-30-24-33(32-13-10-12-27(2)29(32)4)39(36(25-30)51-5)53-41(50)47-37-18-19-43-40(46-37)45-31-15-16-35(34(42)26-31)52-23-11-22-48-20-8-7-9-21-48/h10,12-13,15-16,18-19,24-26,28H,6-9,11,14,17,20-23H2,1-5H3,(H,44,49)(H2,43,45,46,47,50). The normalized spacial score (nSPS) is 13.5. The van der Waals surface area contributed by atoms with Crippen LogP contribution in [0.5, 0.6) is 17.2 Å². The average Bonchev–Trinajstić information content (AvgIpc) is 3.15. The molecule has 5 rings (SSSR count). The van der Waals surface area contributed by atoms with Crippen molar-refractivity contribution < 1.29 is 28.2 Å².